The number of aromatic nitrogens is 2. The summed E-state index contributed by atoms with van der Waals surface area (Å²) in [6.45, 7) is 1.60. The lowest BCUT2D eigenvalue weighted by molar-refractivity contribution is -0.143. The first-order valence-corrected chi connectivity index (χ1v) is 10.6. The first-order valence-electron chi connectivity index (χ1n) is 10.6. The van der Waals surface area contributed by atoms with E-state index >= 15 is 0 Å². The van der Waals surface area contributed by atoms with Gasteiger partial charge >= 0.3 is 5.97 Å². The normalized spacial score (nSPS) is 13.1. The summed E-state index contributed by atoms with van der Waals surface area (Å²) in [6, 6.07) is 4.79. The molecule has 0 radical (unpaired) electrons. The average molecular weight is 495 g/mol. The van der Waals surface area contributed by atoms with Crippen LogP contribution in [0.3, 0.4) is 0 Å². The van der Waals surface area contributed by atoms with Crippen molar-refractivity contribution in [2.45, 2.75) is 32.3 Å². The summed E-state index contributed by atoms with van der Waals surface area (Å²) in [4.78, 5) is 27.6. The first-order chi connectivity index (χ1) is 16.0. The molecule has 0 saturated carbocycles. The molecule has 184 valence electrons. The third kappa shape index (κ3) is 7.63. The molecule has 0 amide bonds. The third-order valence-corrected chi connectivity index (χ3v) is 4.96. The van der Waals surface area contributed by atoms with E-state index < -0.39 is 11.8 Å². The van der Waals surface area contributed by atoms with Gasteiger partial charge in [0.25, 0.3) is 0 Å². The monoisotopic (exact) mass is 494 g/mol. The van der Waals surface area contributed by atoms with E-state index in [0.29, 0.717) is 43.2 Å². The Balaban J connectivity index is 0.00000408. The smallest absolute Gasteiger partial charge is 0.313 e. The number of hydrogen-bond acceptors (Lipinski definition) is 9. The molecule has 1 saturated heterocycles. The first kappa shape index (κ1) is 26.9. The molecule has 0 unspecified atom stereocenters. The van der Waals surface area contributed by atoms with Crippen LogP contribution in [0.5, 0.6) is 0 Å². The van der Waals surface area contributed by atoms with Crippen molar-refractivity contribution in [2.24, 2.45) is 10.9 Å². The number of aliphatic hydroxyl groups is 1. The molecule has 0 spiro atoms. The number of benzene rings is 1. The Bertz CT molecular complexity index is 995. The molecule has 1 aromatic carbocycles. The number of nitrogens with two attached hydrogens (primary N) is 1. The Morgan fingerprint density at radius 2 is 1.97 bits per heavy atom. The molecule has 0 bridgehead atoms. The summed E-state index contributed by atoms with van der Waals surface area (Å²) in [6.07, 6.45) is 4.79. The standard InChI is InChI=1S/C22H27FN6O4.ClH/c23-21-15(14-32-20(31)11-19(24)25)3-1-4-18(21)16-12-26-22(27-13-16)29-7-5-17(6-8-29)28-33-10-2-9-30;/h1,3-4,12-13,30H,2,5-11,14H2,(H3,24,25);1H. The van der Waals surface area contributed by atoms with Crippen LogP contribution in [0, 0.1) is 11.2 Å². The van der Waals surface area contributed by atoms with E-state index in [1.165, 1.54) is 6.07 Å². The van der Waals surface area contributed by atoms with Gasteiger partial charge < -0.3 is 25.3 Å². The van der Waals surface area contributed by atoms with Crippen LogP contribution in [0.25, 0.3) is 11.1 Å². The van der Waals surface area contributed by atoms with Crippen LogP contribution < -0.4 is 10.6 Å². The van der Waals surface area contributed by atoms with Crippen LogP contribution in [0.15, 0.2) is 35.7 Å². The highest BCUT2D eigenvalue weighted by molar-refractivity contribution is 5.94. The van der Waals surface area contributed by atoms with Crippen molar-refractivity contribution in [2.75, 3.05) is 31.2 Å². The highest BCUT2D eigenvalue weighted by Crippen LogP contribution is 2.26. The largest absolute Gasteiger partial charge is 0.460 e. The molecule has 34 heavy (non-hydrogen) atoms. The fourth-order valence-electron chi connectivity index (χ4n) is 3.22. The van der Waals surface area contributed by atoms with Gasteiger partial charge in [0.2, 0.25) is 5.95 Å². The number of anilines is 1. The number of rotatable bonds is 10. The Hall–Kier alpha value is -3.31. The number of oxime groups is 1. The fraction of sp³-hybridized carbons (Fsp3) is 0.409. The maximum Gasteiger partial charge on any atom is 0.313 e. The molecule has 0 aliphatic carbocycles. The molecule has 3 rings (SSSR count). The van der Waals surface area contributed by atoms with Crippen molar-refractivity contribution in [3.63, 3.8) is 0 Å². The van der Waals surface area contributed by atoms with Gasteiger partial charge in [-0.2, -0.15) is 0 Å². The second-order valence-corrected chi connectivity index (χ2v) is 7.47. The van der Waals surface area contributed by atoms with E-state index in [1.54, 1.807) is 24.5 Å². The number of carbonyl (C=O) groups excluding carboxylic acids is 1. The number of aliphatic hydroxyl groups excluding tert-OH is 1. The quantitative estimate of drug-likeness (QED) is 0.150. The Labute approximate surface area is 202 Å². The summed E-state index contributed by atoms with van der Waals surface area (Å²) in [5, 5.41) is 20.0. The summed E-state index contributed by atoms with van der Waals surface area (Å²) in [5.41, 5.74) is 7.14. The SMILES string of the molecule is Cl.N=C(N)CC(=O)OCc1cccc(-c2cnc(N3CCC(=NOCCCO)CC3)nc2)c1F. The lowest BCUT2D eigenvalue weighted by Gasteiger charge is -2.27. The molecular formula is C22H28ClFN6O4. The number of amidine groups is 1. The minimum atomic E-state index is -0.688. The zero-order valence-corrected chi connectivity index (χ0v) is 19.4. The Kier molecular flexibility index (Phi) is 10.6. The predicted octanol–water partition coefficient (Wildman–Crippen LogP) is 2.43. The topological polar surface area (TPSA) is 147 Å². The molecule has 1 aliphatic rings. The lowest BCUT2D eigenvalue weighted by Crippen LogP contribution is -2.35. The molecular weight excluding hydrogens is 467 g/mol. The van der Waals surface area contributed by atoms with Crippen LogP contribution in [-0.4, -0.2) is 58.9 Å². The van der Waals surface area contributed by atoms with Gasteiger partial charge in [-0.25, -0.2) is 14.4 Å². The van der Waals surface area contributed by atoms with Gasteiger partial charge in [-0.05, 0) is 0 Å². The predicted molar refractivity (Wildman–Crippen MR) is 128 cm³/mol. The minimum Gasteiger partial charge on any atom is -0.460 e. The highest BCUT2D eigenvalue weighted by Gasteiger charge is 2.19. The third-order valence-electron chi connectivity index (χ3n) is 4.96. The number of esters is 1. The fourth-order valence-corrected chi connectivity index (χ4v) is 3.22. The maximum atomic E-state index is 15.0. The van der Waals surface area contributed by atoms with Crippen molar-refractivity contribution < 1.29 is 23.9 Å². The van der Waals surface area contributed by atoms with Gasteiger partial charge in [-0.3, -0.25) is 10.2 Å². The number of hydrogen-bond donors (Lipinski definition) is 3. The average Bonchev–Trinajstić information content (AvgIpc) is 2.81. The molecule has 4 N–H and O–H groups in total. The van der Waals surface area contributed by atoms with Crippen LogP contribution in [-0.2, 0) is 21.0 Å². The van der Waals surface area contributed by atoms with Gasteiger partial charge in [-0.15, -0.1) is 12.4 Å². The number of carbonyl (C=O) groups is 1. The van der Waals surface area contributed by atoms with Crippen molar-refractivity contribution >= 4 is 35.9 Å². The number of nitrogens with zero attached hydrogens (tertiary/aromatic N) is 4. The van der Waals surface area contributed by atoms with Crippen molar-refractivity contribution in [1.29, 1.82) is 5.41 Å². The molecule has 0 atom stereocenters. The summed E-state index contributed by atoms with van der Waals surface area (Å²) in [5.74, 6) is -0.972. The molecule has 1 aliphatic heterocycles. The van der Waals surface area contributed by atoms with Gasteiger partial charge in [0.15, 0.2) is 0 Å². The number of piperidine rings is 1. The van der Waals surface area contributed by atoms with Gasteiger partial charge in [0, 0.05) is 68.0 Å². The van der Waals surface area contributed by atoms with Crippen molar-refractivity contribution in [3.8, 4) is 11.1 Å². The second-order valence-electron chi connectivity index (χ2n) is 7.47. The maximum absolute atomic E-state index is 15.0. The number of halogens is 2. The van der Waals surface area contributed by atoms with Crippen LogP contribution in [0.2, 0.25) is 0 Å². The van der Waals surface area contributed by atoms with E-state index in [1.807, 2.05) is 4.90 Å². The van der Waals surface area contributed by atoms with Gasteiger partial charge in [0.05, 0.1) is 5.71 Å². The van der Waals surface area contributed by atoms with E-state index in [-0.39, 0.29) is 43.4 Å². The summed E-state index contributed by atoms with van der Waals surface area (Å²) >= 11 is 0. The Morgan fingerprint density at radius 3 is 2.62 bits per heavy atom. The summed E-state index contributed by atoms with van der Waals surface area (Å²) < 4.78 is 19.9. The van der Waals surface area contributed by atoms with Crippen molar-refractivity contribution in [3.05, 3.63) is 42.0 Å². The van der Waals surface area contributed by atoms with Gasteiger partial charge in [0.1, 0.15) is 31.3 Å². The number of ether oxygens (including phenoxy) is 1. The van der Waals surface area contributed by atoms with E-state index in [0.717, 1.165) is 18.6 Å². The van der Waals surface area contributed by atoms with E-state index in [9.17, 15) is 9.18 Å². The minimum absolute atomic E-state index is 0. The van der Waals surface area contributed by atoms with E-state index in [2.05, 4.69) is 15.1 Å². The van der Waals surface area contributed by atoms with Crippen LogP contribution in [0.4, 0.5) is 10.3 Å². The highest BCUT2D eigenvalue weighted by atomic mass is 35.5. The lowest BCUT2D eigenvalue weighted by atomic mass is 10.0. The van der Waals surface area contributed by atoms with Crippen LogP contribution in [0.1, 0.15) is 31.2 Å². The molecule has 2 aromatic rings. The molecule has 2 heterocycles. The molecule has 12 heteroatoms. The zero-order chi connectivity index (χ0) is 23.6. The summed E-state index contributed by atoms with van der Waals surface area (Å²) in [7, 11) is 0. The number of nitrogens with one attached hydrogen (secondary N) is 1. The van der Waals surface area contributed by atoms with Crippen LogP contribution >= 0.6 is 12.4 Å². The zero-order valence-electron chi connectivity index (χ0n) is 18.6. The molecule has 1 aromatic heterocycles. The Morgan fingerprint density at radius 1 is 1.26 bits per heavy atom. The van der Waals surface area contributed by atoms with Gasteiger partial charge in [-0.1, -0.05) is 23.4 Å². The molecule has 10 nitrogen and oxygen atoms in total. The van der Waals surface area contributed by atoms with Crippen molar-refractivity contribution in [1.82, 2.24) is 9.97 Å². The second kappa shape index (κ2) is 13.4. The van der Waals surface area contributed by atoms with E-state index in [4.69, 9.17) is 25.8 Å². The molecule has 1 fully saturated rings.